The van der Waals surface area contributed by atoms with Crippen LogP contribution in [-0.2, 0) is 6.61 Å². The molecule has 0 aliphatic rings. The van der Waals surface area contributed by atoms with Gasteiger partial charge in [0, 0.05) is 5.39 Å². The molecular formula is C22H18O2. The third kappa shape index (κ3) is 2.79. The van der Waals surface area contributed by atoms with Crippen LogP contribution in [0.5, 0.6) is 11.5 Å². The van der Waals surface area contributed by atoms with E-state index in [1.54, 1.807) is 7.11 Å². The van der Waals surface area contributed by atoms with Crippen molar-refractivity contribution in [3.8, 4) is 11.5 Å². The summed E-state index contributed by atoms with van der Waals surface area (Å²) in [6, 6.07) is 27.0. The van der Waals surface area contributed by atoms with Crippen molar-refractivity contribution >= 4 is 21.5 Å². The first kappa shape index (κ1) is 14.6. The van der Waals surface area contributed by atoms with Gasteiger partial charge in [-0.05, 0) is 52.1 Å². The summed E-state index contributed by atoms with van der Waals surface area (Å²) in [5.74, 6) is 1.77. The van der Waals surface area contributed by atoms with Gasteiger partial charge in [-0.2, -0.15) is 0 Å². The fourth-order valence-corrected chi connectivity index (χ4v) is 2.95. The van der Waals surface area contributed by atoms with Gasteiger partial charge in [0.25, 0.3) is 0 Å². The lowest BCUT2D eigenvalue weighted by atomic mass is 10.0. The number of hydrogen-bond donors (Lipinski definition) is 0. The van der Waals surface area contributed by atoms with Crippen molar-refractivity contribution in [2.75, 3.05) is 7.11 Å². The second-order valence-corrected chi connectivity index (χ2v) is 5.81. The minimum Gasteiger partial charge on any atom is -0.497 e. The highest BCUT2D eigenvalue weighted by molar-refractivity contribution is 6.00. The van der Waals surface area contributed by atoms with Crippen LogP contribution >= 0.6 is 0 Å². The van der Waals surface area contributed by atoms with Crippen molar-refractivity contribution in [2.45, 2.75) is 6.61 Å². The van der Waals surface area contributed by atoms with Gasteiger partial charge in [-0.15, -0.1) is 0 Å². The third-order valence-electron chi connectivity index (χ3n) is 4.26. The Morgan fingerprint density at radius 3 is 2.17 bits per heavy atom. The van der Waals surface area contributed by atoms with Crippen LogP contribution in [0, 0.1) is 0 Å². The number of ether oxygens (including phenoxy) is 2. The van der Waals surface area contributed by atoms with E-state index < -0.39 is 0 Å². The minimum absolute atomic E-state index is 0.538. The second-order valence-electron chi connectivity index (χ2n) is 5.81. The van der Waals surface area contributed by atoms with E-state index in [4.69, 9.17) is 9.47 Å². The average molecular weight is 314 g/mol. The molecule has 0 spiro atoms. The van der Waals surface area contributed by atoms with Gasteiger partial charge in [-0.25, -0.2) is 0 Å². The van der Waals surface area contributed by atoms with E-state index in [1.165, 1.54) is 16.2 Å². The van der Waals surface area contributed by atoms with Gasteiger partial charge >= 0.3 is 0 Å². The summed E-state index contributed by atoms with van der Waals surface area (Å²) in [5, 5.41) is 4.81. The fraction of sp³-hybridized carbons (Fsp3) is 0.0909. The molecule has 0 aliphatic heterocycles. The standard InChI is InChI=1S/C22H18O2/c1-23-20-11-9-16(10-12-20)15-24-22-8-4-7-19-13-17-5-2-3-6-18(17)14-21(19)22/h2-14H,15H2,1H3. The Hall–Kier alpha value is -3.00. The first-order valence-electron chi connectivity index (χ1n) is 8.01. The molecule has 0 amide bonds. The molecule has 24 heavy (non-hydrogen) atoms. The highest BCUT2D eigenvalue weighted by atomic mass is 16.5. The zero-order valence-corrected chi connectivity index (χ0v) is 13.5. The molecule has 0 saturated heterocycles. The van der Waals surface area contributed by atoms with Crippen LogP contribution in [0.15, 0.2) is 78.9 Å². The SMILES string of the molecule is COc1ccc(COc2cccc3cc4ccccc4cc23)cc1. The Morgan fingerprint density at radius 2 is 1.42 bits per heavy atom. The first-order chi connectivity index (χ1) is 11.8. The highest BCUT2D eigenvalue weighted by Gasteiger charge is 2.05. The Labute approximate surface area is 141 Å². The van der Waals surface area contributed by atoms with Crippen LogP contribution in [0.25, 0.3) is 21.5 Å². The van der Waals surface area contributed by atoms with Gasteiger partial charge in [0.2, 0.25) is 0 Å². The summed E-state index contributed by atoms with van der Waals surface area (Å²) < 4.78 is 11.3. The molecule has 0 fully saturated rings. The molecule has 0 radical (unpaired) electrons. The summed E-state index contributed by atoms with van der Waals surface area (Å²) in [6.45, 7) is 0.538. The van der Waals surface area contributed by atoms with Crippen LogP contribution in [0.2, 0.25) is 0 Å². The normalized spacial score (nSPS) is 10.9. The molecule has 0 aromatic heterocycles. The molecule has 0 N–H and O–H groups in total. The molecular weight excluding hydrogens is 296 g/mol. The summed E-state index contributed by atoms with van der Waals surface area (Å²) in [4.78, 5) is 0. The van der Waals surface area contributed by atoms with Crippen LogP contribution in [0.3, 0.4) is 0 Å². The minimum atomic E-state index is 0.538. The van der Waals surface area contributed by atoms with E-state index in [1.807, 2.05) is 36.4 Å². The summed E-state index contributed by atoms with van der Waals surface area (Å²) in [5.41, 5.74) is 1.12. The summed E-state index contributed by atoms with van der Waals surface area (Å²) in [7, 11) is 1.67. The number of rotatable bonds is 4. The van der Waals surface area contributed by atoms with E-state index in [0.717, 1.165) is 22.4 Å². The molecule has 0 aliphatic carbocycles. The maximum absolute atomic E-state index is 6.09. The summed E-state index contributed by atoms with van der Waals surface area (Å²) >= 11 is 0. The lowest BCUT2D eigenvalue weighted by Crippen LogP contribution is -1.96. The molecule has 4 rings (SSSR count). The monoisotopic (exact) mass is 314 g/mol. The largest absolute Gasteiger partial charge is 0.497 e. The van der Waals surface area contributed by atoms with Crippen molar-refractivity contribution in [1.29, 1.82) is 0 Å². The van der Waals surface area contributed by atoms with Crippen molar-refractivity contribution in [2.24, 2.45) is 0 Å². The molecule has 4 aromatic carbocycles. The van der Waals surface area contributed by atoms with Crippen molar-refractivity contribution in [3.05, 3.63) is 84.4 Å². The molecule has 2 nitrogen and oxygen atoms in total. The fourth-order valence-electron chi connectivity index (χ4n) is 2.95. The number of hydrogen-bond acceptors (Lipinski definition) is 2. The van der Waals surface area contributed by atoms with E-state index in [2.05, 4.69) is 42.5 Å². The topological polar surface area (TPSA) is 18.5 Å². The van der Waals surface area contributed by atoms with E-state index >= 15 is 0 Å². The molecule has 0 saturated carbocycles. The molecule has 4 aromatic rings. The predicted molar refractivity (Wildman–Crippen MR) is 98.8 cm³/mol. The van der Waals surface area contributed by atoms with Gasteiger partial charge < -0.3 is 9.47 Å². The van der Waals surface area contributed by atoms with Gasteiger partial charge in [0.15, 0.2) is 0 Å². The average Bonchev–Trinajstić information content (AvgIpc) is 2.65. The van der Waals surface area contributed by atoms with Crippen LogP contribution in [-0.4, -0.2) is 7.11 Å². The highest BCUT2D eigenvalue weighted by Crippen LogP contribution is 2.30. The van der Waals surface area contributed by atoms with E-state index in [-0.39, 0.29) is 0 Å². The van der Waals surface area contributed by atoms with Gasteiger partial charge in [-0.1, -0.05) is 48.5 Å². The molecule has 2 heteroatoms. The number of fused-ring (bicyclic) bond motifs is 2. The van der Waals surface area contributed by atoms with Crippen molar-refractivity contribution in [3.63, 3.8) is 0 Å². The Balaban J connectivity index is 1.66. The summed E-state index contributed by atoms with van der Waals surface area (Å²) in [6.07, 6.45) is 0. The van der Waals surface area contributed by atoms with Gasteiger partial charge in [-0.3, -0.25) is 0 Å². The first-order valence-corrected chi connectivity index (χ1v) is 8.01. The third-order valence-corrected chi connectivity index (χ3v) is 4.26. The predicted octanol–water partition coefficient (Wildman–Crippen LogP) is 5.58. The van der Waals surface area contributed by atoms with Crippen LogP contribution in [0.1, 0.15) is 5.56 Å². The molecule has 0 unspecified atom stereocenters. The second kappa shape index (κ2) is 6.25. The zero-order valence-electron chi connectivity index (χ0n) is 13.5. The quantitative estimate of drug-likeness (QED) is 0.458. The molecule has 118 valence electrons. The smallest absolute Gasteiger partial charge is 0.127 e. The maximum Gasteiger partial charge on any atom is 0.127 e. The lowest BCUT2D eigenvalue weighted by Gasteiger charge is -2.11. The number of methoxy groups -OCH3 is 1. The molecule has 0 bridgehead atoms. The van der Waals surface area contributed by atoms with Gasteiger partial charge in [0.05, 0.1) is 7.11 Å². The molecule has 0 heterocycles. The Kier molecular flexibility index (Phi) is 3.80. The Morgan fingerprint density at radius 1 is 0.708 bits per heavy atom. The lowest BCUT2D eigenvalue weighted by molar-refractivity contribution is 0.310. The Bertz CT molecular complexity index is 988. The van der Waals surface area contributed by atoms with Crippen molar-refractivity contribution in [1.82, 2.24) is 0 Å². The van der Waals surface area contributed by atoms with Gasteiger partial charge in [0.1, 0.15) is 18.1 Å². The van der Waals surface area contributed by atoms with E-state index in [9.17, 15) is 0 Å². The van der Waals surface area contributed by atoms with E-state index in [0.29, 0.717) is 6.61 Å². The van der Waals surface area contributed by atoms with Crippen molar-refractivity contribution < 1.29 is 9.47 Å². The van der Waals surface area contributed by atoms with Crippen LogP contribution < -0.4 is 9.47 Å². The van der Waals surface area contributed by atoms with Crippen LogP contribution in [0.4, 0.5) is 0 Å². The number of benzene rings is 4. The molecule has 0 atom stereocenters. The zero-order chi connectivity index (χ0) is 16.4. The maximum atomic E-state index is 6.09.